The Hall–Kier alpha value is -3.35. The van der Waals surface area contributed by atoms with Crippen molar-refractivity contribution in [2.24, 2.45) is 5.92 Å². The van der Waals surface area contributed by atoms with Gasteiger partial charge in [-0.05, 0) is 49.3 Å². The van der Waals surface area contributed by atoms with Crippen LogP contribution in [0.4, 0.5) is 10.5 Å². The zero-order valence-electron chi connectivity index (χ0n) is 18.3. The van der Waals surface area contributed by atoms with Crippen LogP contribution in [0.25, 0.3) is 0 Å². The fourth-order valence-electron chi connectivity index (χ4n) is 4.37. The lowest BCUT2D eigenvalue weighted by Gasteiger charge is -2.33. The molecular weight excluding hydrogens is 406 g/mol. The van der Waals surface area contributed by atoms with Crippen LogP contribution in [0.5, 0.6) is 5.75 Å². The van der Waals surface area contributed by atoms with Crippen LogP contribution in [-0.2, 0) is 16.0 Å². The van der Waals surface area contributed by atoms with Crippen LogP contribution in [0, 0.1) is 5.92 Å². The quantitative estimate of drug-likeness (QED) is 0.649. The van der Waals surface area contributed by atoms with Gasteiger partial charge in [-0.15, -0.1) is 0 Å². The number of anilines is 1. The monoisotopic (exact) mass is 435 g/mol. The van der Waals surface area contributed by atoms with E-state index >= 15 is 0 Å². The van der Waals surface area contributed by atoms with Crippen molar-refractivity contribution in [3.05, 3.63) is 60.2 Å². The van der Waals surface area contributed by atoms with Crippen molar-refractivity contribution in [3.63, 3.8) is 0 Å². The van der Waals surface area contributed by atoms with Gasteiger partial charge < -0.3 is 15.4 Å². The minimum atomic E-state index is -0.845. The molecule has 7 nitrogen and oxygen atoms in total. The summed E-state index contributed by atoms with van der Waals surface area (Å²) >= 11 is 0. The highest BCUT2D eigenvalue weighted by Gasteiger charge is 2.52. The summed E-state index contributed by atoms with van der Waals surface area (Å²) in [5.74, 6) is 0.360. The lowest BCUT2D eigenvalue weighted by atomic mass is 9.77. The second-order valence-electron chi connectivity index (χ2n) is 8.71. The van der Waals surface area contributed by atoms with Gasteiger partial charge in [0.05, 0.1) is 12.3 Å². The zero-order chi connectivity index (χ0) is 22.6. The Labute approximate surface area is 188 Å². The summed E-state index contributed by atoms with van der Waals surface area (Å²) in [5.41, 5.74) is 0.833. The first-order valence-electron chi connectivity index (χ1n) is 11.2. The predicted molar refractivity (Wildman–Crippen MR) is 121 cm³/mol. The maximum absolute atomic E-state index is 13.0. The summed E-state index contributed by atoms with van der Waals surface area (Å²) in [6.45, 7) is 2.30. The molecule has 0 atom stereocenters. The van der Waals surface area contributed by atoms with E-state index in [1.165, 1.54) is 5.56 Å². The smallest absolute Gasteiger partial charge is 0.325 e. The van der Waals surface area contributed by atoms with Crippen molar-refractivity contribution in [2.45, 2.75) is 44.6 Å². The molecule has 4 rings (SSSR count). The topological polar surface area (TPSA) is 87.7 Å². The number of nitrogens with zero attached hydrogens (tertiary/aromatic N) is 1. The fourth-order valence-corrected chi connectivity index (χ4v) is 4.37. The summed E-state index contributed by atoms with van der Waals surface area (Å²) in [6.07, 6.45) is 3.76. The van der Waals surface area contributed by atoms with E-state index in [0.717, 1.165) is 24.2 Å². The van der Waals surface area contributed by atoms with Crippen LogP contribution in [0.15, 0.2) is 54.6 Å². The third kappa shape index (κ3) is 4.77. The average Bonchev–Trinajstić information content (AvgIpc) is 3.02. The summed E-state index contributed by atoms with van der Waals surface area (Å²) in [7, 11) is 0. The van der Waals surface area contributed by atoms with Gasteiger partial charge in [0.1, 0.15) is 17.8 Å². The number of benzene rings is 2. The van der Waals surface area contributed by atoms with Crippen molar-refractivity contribution in [1.29, 1.82) is 0 Å². The number of urea groups is 1. The van der Waals surface area contributed by atoms with Gasteiger partial charge in [-0.1, -0.05) is 49.4 Å². The number of carbonyl (C=O) groups is 3. The minimum absolute atomic E-state index is 0.294. The molecule has 0 unspecified atom stereocenters. The molecule has 0 radical (unpaired) electrons. The van der Waals surface area contributed by atoms with Crippen LogP contribution in [0.2, 0.25) is 0 Å². The van der Waals surface area contributed by atoms with Crippen LogP contribution >= 0.6 is 0 Å². The Morgan fingerprint density at radius 1 is 1.09 bits per heavy atom. The summed E-state index contributed by atoms with van der Waals surface area (Å²) in [6, 6.07) is 16.7. The standard InChI is InChI=1S/C25H29N3O4/c1-18-11-14-25(15-12-18)23(30)28(24(31)27-25)17-22(29)26-20-9-5-6-10-21(20)32-16-13-19-7-3-2-4-8-19/h2-10,18H,11-17H2,1H3,(H,26,29)(H,27,31). The first-order valence-corrected chi connectivity index (χ1v) is 11.2. The molecule has 7 heteroatoms. The molecule has 2 aliphatic rings. The second kappa shape index (κ2) is 9.42. The number of hydrogen-bond acceptors (Lipinski definition) is 4. The molecule has 1 spiro atoms. The van der Waals surface area contributed by atoms with E-state index < -0.39 is 17.5 Å². The molecule has 4 amide bonds. The molecule has 1 saturated carbocycles. The SMILES string of the molecule is CC1CCC2(CC1)NC(=O)N(CC(=O)Nc1ccccc1OCCc1ccccc1)C2=O. The molecule has 1 aliphatic carbocycles. The lowest BCUT2D eigenvalue weighted by molar-refractivity contribution is -0.135. The predicted octanol–water partition coefficient (Wildman–Crippen LogP) is 3.75. The average molecular weight is 436 g/mol. The van der Waals surface area contributed by atoms with Gasteiger partial charge in [-0.25, -0.2) is 4.79 Å². The van der Waals surface area contributed by atoms with Gasteiger partial charge >= 0.3 is 6.03 Å². The number of hydrogen-bond donors (Lipinski definition) is 2. The first-order chi connectivity index (χ1) is 15.5. The minimum Gasteiger partial charge on any atom is -0.491 e. The Bertz CT molecular complexity index is 984. The molecule has 2 aromatic rings. The van der Waals surface area contributed by atoms with E-state index in [1.54, 1.807) is 18.2 Å². The summed E-state index contributed by atoms with van der Waals surface area (Å²) < 4.78 is 5.88. The van der Waals surface area contributed by atoms with E-state index in [9.17, 15) is 14.4 Å². The Morgan fingerprint density at radius 2 is 1.78 bits per heavy atom. The van der Waals surface area contributed by atoms with Crippen molar-refractivity contribution < 1.29 is 19.1 Å². The van der Waals surface area contributed by atoms with E-state index in [4.69, 9.17) is 4.74 Å². The van der Waals surface area contributed by atoms with E-state index in [-0.39, 0.29) is 12.5 Å². The van der Waals surface area contributed by atoms with Gasteiger partial charge in [0.25, 0.3) is 5.91 Å². The van der Waals surface area contributed by atoms with Gasteiger partial charge in [-0.3, -0.25) is 14.5 Å². The number of imide groups is 1. The van der Waals surface area contributed by atoms with Gasteiger partial charge in [0, 0.05) is 6.42 Å². The highest BCUT2D eigenvalue weighted by Crippen LogP contribution is 2.36. The van der Waals surface area contributed by atoms with E-state index in [1.807, 2.05) is 36.4 Å². The van der Waals surface area contributed by atoms with Crippen molar-refractivity contribution in [2.75, 3.05) is 18.5 Å². The maximum atomic E-state index is 13.0. The molecule has 0 aromatic heterocycles. The van der Waals surface area contributed by atoms with E-state index in [2.05, 4.69) is 17.6 Å². The Morgan fingerprint density at radius 3 is 2.53 bits per heavy atom. The van der Waals surface area contributed by atoms with Crippen LogP contribution in [0.3, 0.4) is 0 Å². The lowest BCUT2D eigenvalue weighted by Crippen LogP contribution is -2.49. The third-order valence-corrected chi connectivity index (χ3v) is 6.33. The van der Waals surface area contributed by atoms with Crippen molar-refractivity contribution in [3.8, 4) is 5.75 Å². The van der Waals surface area contributed by atoms with Gasteiger partial charge in [0.2, 0.25) is 5.91 Å². The summed E-state index contributed by atoms with van der Waals surface area (Å²) in [4.78, 5) is 39.1. The molecule has 2 fully saturated rings. The molecule has 1 aliphatic heterocycles. The molecule has 1 saturated heterocycles. The largest absolute Gasteiger partial charge is 0.491 e. The third-order valence-electron chi connectivity index (χ3n) is 6.33. The highest BCUT2D eigenvalue weighted by molar-refractivity contribution is 6.10. The normalized spacial score (nSPS) is 22.7. The molecule has 32 heavy (non-hydrogen) atoms. The first kappa shape index (κ1) is 21.9. The Kier molecular flexibility index (Phi) is 6.44. The zero-order valence-corrected chi connectivity index (χ0v) is 18.3. The number of carbonyl (C=O) groups excluding carboxylic acids is 3. The molecule has 2 aromatic carbocycles. The highest BCUT2D eigenvalue weighted by atomic mass is 16.5. The van der Waals surface area contributed by atoms with Crippen LogP contribution < -0.4 is 15.4 Å². The van der Waals surface area contributed by atoms with Crippen LogP contribution in [-0.4, -0.2) is 41.4 Å². The molecule has 2 N–H and O–H groups in total. The molecular formula is C25H29N3O4. The number of rotatable bonds is 7. The van der Waals surface area contributed by atoms with E-state index in [0.29, 0.717) is 36.8 Å². The molecule has 1 heterocycles. The van der Waals surface area contributed by atoms with Gasteiger partial charge in [0.15, 0.2) is 0 Å². The number of ether oxygens (including phenoxy) is 1. The maximum Gasteiger partial charge on any atom is 0.325 e. The van der Waals surface area contributed by atoms with Gasteiger partial charge in [-0.2, -0.15) is 0 Å². The molecule has 168 valence electrons. The van der Waals surface area contributed by atoms with Crippen molar-refractivity contribution >= 4 is 23.5 Å². The Balaban J connectivity index is 1.35. The van der Waals surface area contributed by atoms with Crippen LogP contribution in [0.1, 0.15) is 38.2 Å². The molecule has 0 bridgehead atoms. The number of nitrogens with one attached hydrogen (secondary N) is 2. The number of amides is 4. The fraction of sp³-hybridized carbons (Fsp3) is 0.400. The summed E-state index contributed by atoms with van der Waals surface area (Å²) in [5, 5.41) is 5.63. The number of para-hydroxylation sites is 2. The second-order valence-corrected chi connectivity index (χ2v) is 8.71. The van der Waals surface area contributed by atoms with Crippen molar-refractivity contribution in [1.82, 2.24) is 10.2 Å².